The molecule has 18 heavy (non-hydrogen) atoms. The molecule has 1 fully saturated rings. The van der Waals surface area contributed by atoms with Crippen molar-refractivity contribution in [1.82, 2.24) is 0 Å². The Morgan fingerprint density at radius 3 is 2.33 bits per heavy atom. The van der Waals surface area contributed by atoms with Crippen LogP contribution >= 0.6 is 0 Å². The molecule has 108 valence electrons. The summed E-state index contributed by atoms with van der Waals surface area (Å²) in [5, 5.41) is 0. The largest absolute Gasteiger partial charge is 0.417 e. The maximum absolute atomic E-state index is 6.18. The molecule has 1 rings (SSSR count). The summed E-state index contributed by atoms with van der Waals surface area (Å²) >= 11 is 0. The van der Waals surface area contributed by atoms with Crippen LogP contribution in [0.25, 0.3) is 0 Å². The molecule has 1 aliphatic heterocycles. The van der Waals surface area contributed by atoms with Gasteiger partial charge in [-0.3, -0.25) is 0 Å². The van der Waals surface area contributed by atoms with Crippen molar-refractivity contribution in [2.24, 2.45) is 0 Å². The molecule has 0 aliphatic carbocycles. The molecule has 0 N–H and O–H groups in total. The van der Waals surface area contributed by atoms with Crippen LogP contribution in [-0.2, 0) is 13.9 Å². The lowest BCUT2D eigenvalue weighted by atomic mass is 10.2. The fraction of sp³-hybridized carbons (Fsp3) is 1.00. The first-order chi connectivity index (χ1) is 8.76. The summed E-state index contributed by atoms with van der Waals surface area (Å²) < 4.78 is 17.4. The van der Waals surface area contributed by atoms with Gasteiger partial charge >= 0.3 is 0 Å². The van der Waals surface area contributed by atoms with Gasteiger partial charge in [0, 0.05) is 13.2 Å². The van der Waals surface area contributed by atoms with E-state index < -0.39 is 8.32 Å². The highest BCUT2D eigenvalue weighted by atomic mass is 28.4. The highest BCUT2D eigenvalue weighted by Crippen LogP contribution is 2.21. The summed E-state index contributed by atoms with van der Waals surface area (Å²) in [6.45, 7) is 9.29. The summed E-state index contributed by atoms with van der Waals surface area (Å²) in [5.74, 6) is 0. The molecule has 1 atom stereocenters. The lowest BCUT2D eigenvalue weighted by Gasteiger charge is -2.28. The SMILES string of the molecule is CC[Si](CC)(CC)OCCCOC1CCCCO1. The van der Waals surface area contributed by atoms with E-state index in [0.29, 0.717) is 0 Å². The van der Waals surface area contributed by atoms with E-state index in [1.807, 2.05) is 0 Å². The minimum atomic E-state index is -1.39. The van der Waals surface area contributed by atoms with Crippen LogP contribution in [0.15, 0.2) is 0 Å². The van der Waals surface area contributed by atoms with E-state index in [9.17, 15) is 0 Å². The predicted octanol–water partition coefficient (Wildman–Crippen LogP) is 3.94. The Bertz CT molecular complexity index is 193. The Kier molecular flexibility index (Phi) is 8.14. The minimum absolute atomic E-state index is 0.0456. The first-order valence-electron chi connectivity index (χ1n) is 7.63. The normalized spacial score (nSPS) is 21.2. The topological polar surface area (TPSA) is 27.7 Å². The first-order valence-corrected chi connectivity index (χ1v) is 10.2. The van der Waals surface area contributed by atoms with Crippen molar-refractivity contribution in [3.63, 3.8) is 0 Å². The van der Waals surface area contributed by atoms with Gasteiger partial charge in [-0.2, -0.15) is 0 Å². The number of hydrogen-bond donors (Lipinski definition) is 0. The third-order valence-corrected chi connectivity index (χ3v) is 8.75. The van der Waals surface area contributed by atoms with Crippen LogP contribution in [0.4, 0.5) is 0 Å². The summed E-state index contributed by atoms with van der Waals surface area (Å²) in [4.78, 5) is 0. The Morgan fingerprint density at radius 1 is 1.06 bits per heavy atom. The third kappa shape index (κ3) is 5.39. The summed E-state index contributed by atoms with van der Waals surface area (Å²) in [5.41, 5.74) is 0. The van der Waals surface area contributed by atoms with Crippen LogP contribution in [0.5, 0.6) is 0 Å². The standard InChI is InChI=1S/C14H30O3Si/c1-4-18(5-2,6-3)17-13-9-12-16-14-10-7-8-11-15-14/h14H,4-13H2,1-3H3. The average Bonchev–Trinajstić information content (AvgIpc) is 2.45. The van der Waals surface area contributed by atoms with Crippen molar-refractivity contribution in [1.29, 1.82) is 0 Å². The summed E-state index contributed by atoms with van der Waals surface area (Å²) in [6.07, 6.45) is 4.51. The van der Waals surface area contributed by atoms with Crippen molar-refractivity contribution >= 4 is 8.32 Å². The van der Waals surface area contributed by atoms with Crippen molar-refractivity contribution < 1.29 is 13.9 Å². The molecule has 0 aromatic carbocycles. The van der Waals surface area contributed by atoms with Gasteiger partial charge in [0.1, 0.15) is 0 Å². The van der Waals surface area contributed by atoms with Gasteiger partial charge in [0.05, 0.1) is 6.61 Å². The number of rotatable bonds is 9. The van der Waals surface area contributed by atoms with Gasteiger partial charge in [-0.15, -0.1) is 0 Å². The van der Waals surface area contributed by atoms with E-state index in [2.05, 4.69) is 20.8 Å². The predicted molar refractivity (Wildman–Crippen MR) is 77.3 cm³/mol. The highest BCUT2D eigenvalue weighted by Gasteiger charge is 2.28. The average molecular weight is 274 g/mol. The quantitative estimate of drug-likeness (QED) is 0.471. The molecular weight excluding hydrogens is 244 g/mol. The molecule has 3 nitrogen and oxygen atoms in total. The molecule has 0 bridgehead atoms. The number of hydrogen-bond acceptors (Lipinski definition) is 3. The second kappa shape index (κ2) is 9.07. The molecule has 1 unspecified atom stereocenters. The van der Waals surface area contributed by atoms with Crippen LogP contribution in [0.3, 0.4) is 0 Å². The van der Waals surface area contributed by atoms with E-state index in [1.54, 1.807) is 0 Å². The molecule has 0 aromatic heterocycles. The van der Waals surface area contributed by atoms with Crippen LogP contribution in [0, 0.1) is 0 Å². The maximum atomic E-state index is 6.18. The molecule has 0 saturated carbocycles. The Hall–Kier alpha value is 0.0969. The molecule has 1 heterocycles. The van der Waals surface area contributed by atoms with Gasteiger partial charge < -0.3 is 13.9 Å². The van der Waals surface area contributed by atoms with E-state index in [1.165, 1.54) is 31.0 Å². The molecular formula is C14H30O3Si. The van der Waals surface area contributed by atoms with Gasteiger partial charge in [0.15, 0.2) is 14.6 Å². The lowest BCUT2D eigenvalue weighted by Crippen LogP contribution is -2.36. The smallest absolute Gasteiger partial charge is 0.191 e. The zero-order valence-electron chi connectivity index (χ0n) is 12.4. The second-order valence-corrected chi connectivity index (χ2v) is 9.89. The molecule has 0 spiro atoms. The van der Waals surface area contributed by atoms with E-state index >= 15 is 0 Å². The van der Waals surface area contributed by atoms with Gasteiger partial charge in [0.2, 0.25) is 0 Å². The van der Waals surface area contributed by atoms with Gasteiger partial charge in [-0.25, -0.2) is 0 Å². The van der Waals surface area contributed by atoms with E-state index in [4.69, 9.17) is 13.9 Å². The second-order valence-electron chi connectivity index (χ2n) is 5.11. The monoisotopic (exact) mass is 274 g/mol. The molecule has 1 aliphatic rings. The maximum Gasteiger partial charge on any atom is 0.191 e. The van der Waals surface area contributed by atoms with Crippen LogP contribution in [0.2, 0.25) is 18.1 Å². The van der Waals surface area contributed by atoms with Crippen molar-refractivity contribution in [2.45, 2.75) is 70.9 Å². The molecule has 4 heteroatoms. The van der Waals surface area contributed by atoms with Gasteiger partial charge in [-0.05, 0) is 43.8 Å². The first kappa shape index (κ1) is 16.2. The summed E-state index contributed by atoms with van der Waals surface area (Å²) in [7, 11) is -1.39. The number of ether oxygens (including phenoxy) is 2. The van der Waals surface area contributed by atoms with Gasteiger partial charge in [0.25, 0.3) is 0 Å². The van der Waals surface area contributed by atoms with Crippen LogP contribution in [-0.4, -0.2) is 34.4 Å². The molecule has 0 amide bonds. The fourth-order valence-corrected chi connectivity index (χ4v) is 5.15. The molecule has 0 aromatic rings. The van der Waals surface area contributed by atoms with Gasteiger partial charge in [-0.1, -0.05) is 20.8 Å². The van der Waals surface area contributed by atoms with Crippen molar-refractivity contribution in [3.8, 4) is 0 Å². The Balaban J connectivity index is 2.06. The van der Waals surface area contributed by atoms with Crippen molar-refractivity contribution in [3.05, 3.63) is 0 Å². The molecule has 0 radical (unpaired) electrons. The minimum Gasteiger partial charge on any atom is -0.417 e. The fourth-order valence-electron chi connectivity index (χ4n) is 2.46. The summed E-state index contributed by atoms with van der Waals surface area (Å²) in [6, 6.07) is 3.69. The zero-order valence-corrected chi connectivity index (χ0v) is 13.4. The van der Waals surface area contributed by atoms with Crippen LogP contribution in [0.1, 0.15) is 46.5 Å². The van der Waals surface area contributed by atoms with E-state index in [-0.39, 0.29) is 6.29 Å². The third-order valence-electron chi connectivity index (χ3n) is 4.07. The van der Waals surface area contributed by atoms with Crippen LogP contribution < -0.4 is 0 Å². The lowest BCUT2D eigenvalue weighted by molar-refractivity contribution is -0.163. The Morgan fingerprint density at radius 2 is 1.78 bits per heavy atom. The highest BCUT2D eigenvalue weighted by molar-refractivity contribution is 6.73. The van der Waals surface area contributed by atoms with Crippen molar-refractivity contribution in [2.75, 3.05) is 19.8 Å². The van der Waals surface area contributed by atoms with E-state index in [0.717, 1.165) is 32.7 Å². The molecule has 1 saturated heterocycles. The zero-order chi connectivity index (χ0) is 13.3. The Labute approximate surface area is 113 Å².